The van der Waals surface area contributed by atoms with E-state index >= 15 is 0 Å². The topological polar surface area (TPSA) is 91.3 Å². The second-order valence-corrected chi connectivity index (χ2v) is 13.3. The minimum absolute atomic E-state index is 0.158. The number of halogens is 3. The van der Waals surface area contributed by atoms with Gasteiger partial charge in [0, 0.05) is 25.6 Å². The van der Waals surface area contributed by atoms with E-state index in [0.717, 1.165) is 40.1 Å². The lowest BCUT2D eigenvalue weighted by atomic mass is 9.98. The minimum atomic E-state index is -4.48. The van der Waals surface area contributed by atoms with E-state index < -0.39 is 29.8 Å². The molecule has 0 spiro atoms. The smallest absolute Gasteiger partial charge is 0.416 e. The summed E-state index contributed by atoms with van der Waals surface area (Å²) in [6.45, 7) is 7.06. The Kier molecular flexibility index (Phi) is 11.7. The molecule has 0 unspecified atom stereocenters. The van der Waals surface area contributed by atoms with E-state index in [4.69, 9.17) is 9.47 Å². The van der Waals surface area contributed by atoms with E-state index in [2.05, 4.69) is 47.5 Å². The highest BCUT2D eigenvalue weighted by atomic mass is 19.4. The van der Waals surface area contributed by atoms with E-state index in [-0.39, 0.29) is 41.9 Å². The Balaban J connectivity index is 1.35. The van der Waals surface area contributed by atoms with Crippen molar-refractivity contribution >= 4 is 17.5 Å². The molecule has 51 heavy (non-hydrogen) atoms. The molecule has 2 amide bonds. The van der Waals surface area contributed by atoms with Crippen molar-refractivity contribution in [2.24, 2.45) is 5.92 Å². The maximum Gasteiger partial charge on any atom is 0.416 e. The predicted molar refractivity (Wildman–Crippen MR) is 191 cm³/mol. The largest absolute Gasteiger partial charge is 0.497 e. The minimum Gasteiger partial charge on any atom is -0.497 e. The van der Waals surface area contributed by atoms with E-state index in [1.54, 1.807) is 37.1 Å². The van der Waals surface area contributed by atoms with Gasteiger partial charge in [-0.1, -0.05) is 55.5 Å². The third-order valence-corrected chi connectivity index (χ3v) is 9.25. The molecule has 0 radical (unpaired) electrons. The number of aliphatic hydroxyl groups excluding tert-OH is 1. The first kappa shape index (κ1) is 37.4. The van der Waals surface area contributed by atoms with Crippen LogP contribution < -0.4 is 14.8 Å². The summed E-state index contributed by atoms with van der Waals surface area (Å²) in [5.41, 5.74) is 4.58. The number of nitrogens with one attached hydrogen (secondary N) is 1. The molecule has 1 aliphatic rings. The van der Waals surface area contributed by atoms with Gasteiger partial charge in [0.1, 0.15) is 11.9 Å². The number of hydrogen-bond acceptors (Lipinski definition) is 6. The number of fused-ring (bicyclic) bond motifs is 1. The van der Waals surface area contributed by atoms with Gasteiger partial charge in [-0.2, -0.15) is 13.2 Å². The number of anilines is 1. The molecule has 4 aromatic rings. The molecule has 2 N–H and O–H groups in total. The van der Waals surface area contributed by atoms with Crippen LogP contribution in [0.3, 0.4) is 0 Å². The fourth-order valence-electron chi connectivity index (χ4n) is 6.31. The zero-order chi connectivity index (χ0) is 36.9. The van der Waals surface area contributed by atoms with Crippen molar-refractivity contribution in [3.8, 4) is 22.6 Å². The lowest BCUT2D eigenvalue weighted by Gasteiger charge is -2.38. The van der Waals surface area contributed by atoms with Crippen LogP contribution in [0.5, 0.6) is 11.5 Å². The number of carbonyl (C=O) groups excluding carboxylic acids is 2. The summed E-state index contributed by atoms with van der Waals surface area (Å²) in [6, 6.07) is 23.3. The molecule has 1 heterocycles. The quantitative estimate of drug-likeness (QED) is 0.172. The number of rotatable bonds is 11. The van der Waals surface area contributed by atoms with Gasteiger partial charge < -0.3 is 24.8 Å². The number of carbonyl (C=O) groups is 2. The highest BCUT2D eigenvalue weighted by Gasteiger charge is 2.35. The Morgan fingerprint density at radius 2 is 1.73 bits per heavy atom. The van der Waals surface area contributed by atoms with Gasteiger partial charge in [-0.25, -0.2) is 0 Å². The maximum absolute atomic E-state index is 13.8. The van der Waals surface area contributed by atoms with Crippen molar-refractivity contribution in [2.75, 3.05) is 39.2 Å². The number of benzene rings is 4. The van der Waals surface area contributed by atoms with Crippen LogP contribution >= 0.6 is 0 Å². The van der Waals surface area contributed by atoms with Crippen LogP contribution in [0, 0.1) is 12.8 Å². The molecular weight excluding hydrogens is 659 g/mol. The van der Waals surface area contributed by atoms with E-state index in [1.165, 1.54) is 12.1 Å². The second-order valence-electron chi connectivity index (χ2n) is 13.3. The highest BCUT2D eigenvalue weighted by Crippen LogP contribution is 2.36. The summed E-state index contributed by atoms with van der Waals surface area (Å²) in [4.78, 5) is 30.8. The molecule has 11 heteroatoms. The number of aryl methyl sites for hydroxylation is 1. The lowest BCUT2D eigenvalue weighted by molar-refractivity contribution is -0.137. The number of para-hydroxylation sites is 1. The van der Waals surface area contributed by atoms with Crippen molar-refractivity contribution in [3.05, 3.63) is 113 Å². The molecule has 4 aromatic carbocycles. The fourth-order valence-corrected chi connectivity index (χ4v) is 6.31. The third kappa shape index (κ3) is 9.08. The molecule has 0 saturated carbocycles. The van der Waals surface area contributed by atoms with Crippen molar-refractivity contribution in [1.29, 1.82) is 0 Å². The van der Waals surface area contributed by atoms with Gasteiger partial charge in [0.05, 0.1) is 43.0 Å². The summed E-state index contributed by atoms with van der Waals surface area (Å²) in [6.07, 6.45) is -5.07. The highest BCUT2D eigenvalue weighted by molar-refractivity contribution is 6.02. The number of methoxy groups -OCH3 is 1. The van der Waals surface area contributed by atoms with Gasteiger partial charge in [0.2, 0.25) is 5.91 Å². The normalized spacial score (nSPS) is 16.9. The number of nitrogens with zero attached hydrogens (tertiary/aromatic N) is 2. The summed E-state index contributed by atoms with van der Waals surface area (Å²) in [5, 5.41) is 12.8. The van der Waals surface area contributed by atoms with Crippen molar-refractivity contribution in [1.82, 2.24) is 9.80 Å². The van der Waals surface area contributed by atoms with Crippen LogP contribution in [-0.2, 0) is 23.9 Å². The van der Waals surface area contributed by atoms with Crippen LogP contribution in [0.25, 0.3) is 11.1 Å². The summed E-state index contributed by atoms with van der Waals surface area (Å²) >= 11 is 0. The Morgan fingerprint density at radius 1 is 1.04 bits per heavy atom. The summed E-state index contributed by atoms with van der Waals surface area (Å²) in [5.74, 6) is 0.0549. The average Bonchev–Trinajstić information content (AvgIpc) is 3.10. The fraction of sp³-hybridized carbons (Fsp3) is 0.350. The van der Waals surface area contributed by atoms with Crippen molar-refractivity contribution < 1.29 is 37.3 Å². The number of ether oxygens (including phenoxy) is 2. The number of hydrogen-bond donors (Lipinski definition) is 2. The van der Waals surface area contributed by atoms with Crippen molar-refractivity contribution in [3.63, 3.8) is 0 Å². The maximum atomic E-state index is 13.8. The monoisotopic (exact) mass is 703 g/mol. The van der Waals surface area contributed by atoms with Gasteiger partial charge in [-0.3, -0.25) is 14.5 Å². The second kappa shape index (κ2) is 16.0. The molecule has 0 aliphatic carbocycles. The SMILES string of the molecule is COc1ccc(-c2ccc(CN(C)C[C@H]3Oc4c(NC(=O)Cc5ccc(C(F)(F)F)cc5)cccc4C(=O)N([C@@H](C)CO)C[C@H]3C)cc2)c(C)c1. The molecule has 1 aliphatic heterocycles. The molecule has 0 aromatic heterocycles. The van der Waals surface area contributed by atoms with Crippen LogP contribution in [0.1, 0.15) is 46.5 Å². The zero-order valence-electron chi connectivity index (χ0n) is 29.5. The molecule has 270 valence electrons. The Bertz CT molecular complexity index is 1830. The molecular formula is C40H44F3N3O5. The number of likely N-dealkylation sites (N-methyl/N-ethyl adjacent to an activating group) is 1. The predicted octanol–water partition coefficient (Wildman–Crippen LogP) is 7.22. The summed E-state index contributed by atoms with van der Waals surface area (Å²) in [7, 11) is 3.65. The van der Waals surface area contributed by atoms with E-state index in [1.807, 2.05) is 26.1 Å². The standard InChI is InChI=1S/C40H44F3N3O5/c1-25-19-32(50-5)17-18-33(25)30-13-9-29(10-14-30)22-45(4)23-36-26(2)21-46(27(3)24-47)39(49)34-7-6-8-35(38(34)51-36)44-37(48)20-28-11-15-31(16-12-28)40(41,42)43/h6-19,26-27,36,47H,20-24H2,1-5H3,(H,44,48)/t26-,27+,36-/m1/s1. The van der Waals surface area contributed by atoms with E-state index in [0.29, 0.717) is 25.2 Å². The van der Waals surface area contributed by atoms with Crippen LogP contribution in [0.2, 0.25) is 0 Å². The van der Waals surface area contributed by atoms with Gasteiger partial charge in [0.15, 0.2) is 5.75 Å². The van der Waals surface area contributed by atoms with Gasteiger partial charge in [0.25, 0.3) is 5.91 Å². The van der Waals surface area contributed by atoms with Gasteiger partial charge >= 0.3 is 6.18 Å². The average molecular weight is 704 g/mol. The third-order valence-electron chi connectivity index (χ3n) is 9.25. The Morgan fingerprint density at radius 3 is 2.35 bits per heavy atom. The van der Waals surface area contributed by atoms with Crippen LogP contribution in [0.15, 0.2) is 84.9 Å². The van der Waals surface area contributed by atoms with E-state index in [9.17, 15) is 27.9 Å². The zero-order valence-corrected chi connectivity index (χ0v) is 29.5. The van der Waals surface area contributed by atoms with Crippen LogP contribution in [0.4, 0.5) is 18.9 Å². The number of alkyl halides is 3. The summed E-state index contributed by atoms with van der Waals surface area (Å²) < 4.78 is 51.1. The van der Waals surface area contributed by atoms with Gasteiger partial charge in [-0.05, 0) is 85.1 Å². The molecule has 3 atom stereocenters. The van der Waals surface area contributed by atoms with Gasteiger partial charge in [-0.15, -0.1) is 0 Å². The first-order valence-electron chi connectivity index (χ1n) is 16.9. The number of amides is 2. The first-order valence-corrected chi connectivity index (χ1v) is 16.9. The molecule has 0 saturated heterocycles. The Hall–Kier alpha value is -4.87. The van der Waals surface area contributed by atoms with Crippen LogP contribution in [-0.4, -0.2) is 72.7 Å². The first-order chi connectivity index (χ1) is 24.3. The number of aliphatic hydroxyl groups is 1. The molecule has 8 nitrogen and oxygen atoms in total. The molecule has 5 rings (SSSR count). The molecule has 0 bridgehead atoms. The Labute approximate surface area is 296 Å². The molecule has 0 fully saturated rings. The lowest BCUT2D eigenvalue weighted by Crippen LogP contribution is -2.49. The van der Waals surface area contributed by atoms with Crippen molar-refractivity contribution in [2.45, 2.75) is 52.1 Å².